The molecule has 1 N–H and O–H groups in total. The van der Waals surface area contributed by atoms with Crippen LogP contribution < -0.4 is 0 Å². The lowest BCUT2D eigenvalue weighted by Crippen LogP contribution is -2.24. The van der Waals surface area contributed by atoms with E-state index in [4.69, 9.17) is 0 Å². The van der Waals surface area contributed by atoms with Crippen molar-refractivity contribution < 1.29 is 5.11 Å². The lowest BCUT2D eigenvalue weighted by atomic mass is 9.71. The molecule has 1 rings (SSSR count). The second kappa shape index (κ2) is 6.26. The van der Waals surface area contributed by atoms with E-state index in [9.17, 15) is 5.11 Å². The fourth-order valence-electron chi connectivity index (χ4n) is 2.64. The summed E-state index contributed by atoms with van der Waals surface area (Å²) < 4.78 is 0. The van der Waals surface area contributed by atoms with Gasteiger partial charge in [0.15, 0.2) is 0 Å². The van der Waals surface area contributed by atoms with Crippen molar-refractivity contribution in [3.63, 3.8) is 0 Å². The quantitative estimate of drug-likeness (QED) is 0.640. The average Bonchev–Trinajstić information content (AvgIpc) is 2.46. The summed E-state index contributed by atoms with van der Waals surface area (Å²) in [5, 5.41) is 11.0. The molecule has 1 nitrogen and oxygen atoms in total. The molecule has 0 saturated heterocycles. The van der Waals surface area contributed by atoms with Crippen LogP contribution in [0.15, 0.2) is 12.1 Å². The zero-order chi connectivity index (χ0) is 17.3. The molecular formula is C21H36O. The number of rotatable bonds is 6. The summed E-state index contributed by atoms with van der Waals surface area (Å²) in [5.74, 6) is 0.509. The van der Waals surface area contributed by atoms with Crippen molar-refractivity contribution in [1.29, 1.82) is 0 Å². The molecule has 0 aromatic heterocycles. The van der Waals surface area contributed by atoms with Crippen LogP contribution in [0, 0.1) is 0 Å². The van der Waals surface area contributed by atoms with Gasteiger partial charge in [-0.3, -0.25) is 0 Å². The molecule has 0 aliphatic carbocycles. The van der Waals surface area contributed by atoms with Crippen molar-refractivity contribution in [1.82, 2.24) is 0 Å². The third-order valence-corrected chi connectivity index (χ3v) is 6.00. The first-order chi connectivity index (χ1) is 9.93. The molecule has 0 radical (unpaired) electrons. The van der Waals surface area contributed by atoms with Gasteiger partial charge in [-0.1, -0.05) is 74.4 Å². The van der Waals surface area contributed by atoms with Crippen molar-refractivity contribution in [2.45, 2.75) is 97.8 Å². The van der Waals surface area contributed by atoms with Crippen LogP contribution in [0.25, 0.3) is 0 Å². The first kappa shape index (κ1) is 19.1. The number of phenols is 1. The van der Waals surface area contributed by atoms with Gasteiger partial charge in [-0.05, 0) is 41.1 Å². The summed E-state index contributed by atoms with van der Waals surface area (Å²) in [6.45, 7) is 20.1. The highest BCUT2D eigenvalue weighted by Gasteiger charge is 2.32. The van der Waals surface area contributed by atoms with Crippen LogP contribution >= 0.6 is 0 Å². The fourth-order valence-corrected chi connectivity index (χ4v) is 2.64. The standard InChI is InChI=1S/C21H36O/c1-10-19(4,5)15-13-16(20(6,7)11-2)18(22)17(14-15)21(8,9)12-3/h13-14,22H,10-12H2,1-9H3. The first-order valence-electron chi connectivity index (χ1n) is 8.81. The summed E-state index contributed by atoms with van der Waals surface area (Å²) in [7, 11) is 0. The van der Waals surface area contributed by atoms with Crippen LogP contribution in [-0.4, -0.2) is 5.11 Å². The lowest BCUT2D eigenvalue weighted by Gasteiger charge is -2.34. The normalized spacial score (nSPS) is 13.5. The summed E-state index contributed by atoms with van der Waals surface area (Å²) >= 11 is 0. The molecule has 0 bridgehead atoms. The Labute approximate surface area is 138 Å². The smallest absolute Gasteiger partial charge is 0.123 e. The number of hydrogen-bond acceptors (Lipinski definition) is 1. The number of benzene rings is 1. The zero-order valence-electron chi connectivity index (χ0n) is 16.2. The SMILES string of the molecule is CCC(C)(C)c1cc(C(C)(C)CC)c(O)c(C(C)(C)CC)c1. The number of hydrogen-bond donors (Lipinski definition) is 1. The van der Waals surface area contributed by atoms with Crippen molar-refractivity contribution in [3.05, 3.63) is 28.8 Å². The molecule has 1 aromatic rings. The number of phenolic OH excluding ortho intramolecular Hbond substituents is 1. The monoisotopic (exact) mass is 304 g/mol. The van der Waals surface area contributed by atoms with Gasteiger partial charge < -0.3 is 5.11 Å². The van der Waals surface area contributed by atoms with Crippen LogP contribution in [0.3, 0.4) is 0 Å². The average molecular weight is 305 g/mol. The highest BCUT2D eigenvalue weighted by molar-refractivity contribution is 5.51. The van der Waals surface area contributed by atoms with E-state index in [1.807, 2.05) is 0 Å². The van der Waals surface area contributed by atoms with Crippen LogP contribution in [0.5, 0.6) is 5.75 Å². The molecule has 0 saturated carbocycles. The van der Waals surface area contributed by atoms with Crippen molar-refractivity contribution >= 4 is 0 Å². The molecule has 0 fully saturated rings. The molecule has 1 aromatic carbocycles. The van der Waals surface area contributed by atoms with Crippen LogP contribution in [0.1, 0.15) is 98.3 Å². The van der Waals surface area contributed by atoms with E-state index in [1.165, 1.54) is 5.56 Å². The lowest BCUT2D eigenvalue weighted by molar-refractivity contribution is 0.396. The van der Waals surface area contributed by atoms with E-state index in [-0.39, 0.29) is 16.2 Å². The Morgan fingerprint density at radius 2 is 1.00 bits per heavy atom. The molecule has 0 unspecified atom stereocenters. The highest BCUT2D eigenvalue weighted by Crippen LogP contribution is 2.44. The number of aromatic hydroxyl groups is 1. The minimum Gasteiger partial charge on any atom is -0.507 e. The Morgan fingerprint density at radius 3 is 1.27 bits per heavy atom. The third kappa shape index (κ3) is 3.50. The van der Waals surface area contributed by atoms with Gasteiger partial charge >= 0.3 is 0 Å². The summed E-state index contributed by atoms with van der Waals surface area (Å²) in [6, 6.07) is 4.50. The van der Waals surface area contributed by atoms with E-state index in [0.717, 1.165) is 30.4 Å². The second-order valence-electron chi connectivity index (χ2n) is 8.63. The van der Waals surface area contributed by atoms with Gasteiger partial charge in [0.25, 0.3) is 0 Å². The van der Waals surface area contributed by atoms with Gasteiger partial charge in [-0.15, -0.1) is 0 Å². The first-order valence-corrected chi connectivity index (χ1v) is 8.81. The molecule has 0 atom stereocenters. The molecule has 0 aliphatic heterocycles. The van der Waals surface area contributed by atoms with Crippen LogP contribution in [0.4, 0.5) is 0 Å². The maximum absolute atomic E-state index is 11.0. The maximum atomic E-state index is 11.0. The van der Waals surface area contributed by atoms with Crippen molar-refractivity contribution in [2.75, 3.05) is 0 Å². The Morgan fingerprint density at radius 1 is 0.682 bits per heavy atom. The molecule has 22 heavy (non-hydrogen) atoms. The second-order valence-corrected chi connectivity index (χ2v) is 8.63. The van der Waals surface area contributed by atoms with E-state index in [2.05, 4.69) is 74.4 Å². The molecule has 0 amide bonds. The van der Waals surface area contributed by atoms with E-state index >= 15 is 0 Å². The minimum absolute atomic E-state index is 0.0114. The van der Waals surface area contributed by atoms with Crippen molar-refractivity contribution in [3.8, 4) is 5.75 Å². The Balaban J connectivity index is 3.73. The molecule has 126 valence electrons. The predicted molar refractivity (Wildman–Crippen MR) is 98.1 cm³/mol. The summed E-state index contributed by atoms with van der Waals surface area (Å²) in [5.41, 5.74) is 3.66. The highest BCUT2D eigenvalue weighted by atomic mass is 16.3. The summed E-state index contributed by atoms with van der Waals surface area (Å²) in [4.78, 5) is 0. The molecule has 0 aliphatic rings. The minimum atomic E-state index is -0.0114. The van der Waals surface area contributed by atoms with Gasteiger partial charge in [0.2, 0.25) is 0 Å². The Hall–Kier alpha value is -0.980. The van der Waals surface area contributed by atoms with E-state index in [1.54, 1.807) is 0 Å². The maximum Gasteiger partial charge on any atom is 0.123 e. The summed E-state index contributed by atoms with van der Waals surface area (Å²) in [6.07, 6.45) is 3.13. The van der Waals surface area contributed by atoms with E-state index < -0.39 is 0 Å². The van der Waals surface area contributed by atoms with Crippen molar-refractivity contribution in [2.24, 2.45) is 0 Å². The van der Waals surface area contributed by atoms with Gasteiger partial charge in [0.1, 0.15) is 5.75 Å². The largest absolute Gasteiger partial charge is 0.507 e. The molecule has 0 heterocycles. The van der Waals surface area contributed by atoms with E-state index in [0.29, 0.717) is 5.75 Å². The van der Waals surface area contributed by atoms with Gasteiger partial charge in [0, 0.05) is 11.1 Å². The molecule has 0 spiro atoms. The molecular weight excluding hydrogens is 268 g/mol. The van der Waals surface area contributed by atoms with Gasteiger partial charge in [0.05, 0.1) is 0 Å². The zero-order valence-corrected chi connectivity index (χ0v) is 16.2. The van der Waals surface area contributed by atoms with Gasteiger partial charge in [-0.2, -0.15) is 0 Å². The predicted octanol–water partition coefficient (Wildman–Crippen LogP) is 6.46. The molecule has 1 heteroatoms. The Bertz CT molecular complexity index is 484. The Kier molecular flexibility index (Phi) is 5.42. The van der Waals surface area contributed by atoms with Gasteiger partial charge in [-0.25, -0.2) is 0 Å². The topological polar surface area (TPSA) is 20.2 Å². The van der Waals surface area contributed by atoms with Crippen LogP contribution in [0.2, 0.25) is 0 Å². The fraction of sp³-hybridized carbons (Fsp3) is 0.714. The third-order valence-electron chi connectivity index (χ3n) is 6.00. The van der Waals surface area contributed by atoms with Crippen LogP contribution in [-0.2, 0) is 16.2 Å².